The zero-order chi connectivity index (χ0) is 36.9. The molecular formula is C35H34F3N3O9S. The number of amides is 2. The lowest BCUT2D eigenvalue weighted by Gasteiger charge is -2.22. The Balaban J connectivity index is 1.27. The van der Waals surface area contributed by atoms with Crippen LogP contribution in [0.4, 0.5) is 18.9 Å². The summed E-state index contributed by atoms with van der Waals surface area (Å²) in [5.74, 6) is -1.88. The minimum Gasteiger partial charge on any atom is -0.504 e. The smallest absolute Gasteiger partial charge is 0.422 e. The Morgan fingerprint density at radius 1 is 1.06 bits per heavy atom. The number of fused-ring (bicyclic) bond motifs is 2. The number of ether oxygens (including phenoxy) is 4. The molecule has 16 heteroatoms. The molecule has 6 rings (SSSR count). The number of phenolic OH excluding ortho intramolecular Hbond substituents is 1. The van der Waals surface area contributed by atoms with Crippen LogP contribution in [0.25, 0.3) is 10.9 Å². The lowest BCUT2D eigenvalue weighted by molar-refractivity contribution is -0.153. The number of aryl methyl sites for hydroxylation is 1. The fourth-order valence-corrected chi connectivity index (χ4v) is 7.71. The summed E-state index contributed by atoms with van der Waals surface area (Å²) in [6.07, 6.45) is -2.65. The molecular weight excluding hydrogens is 695 g/mol. The summed E-state index contributed by atoms with van der Waals surface area (Å²) in [5, 5.41) is 10.7. The van der Waals surface area contributed by atoms with Gasteiger partial charge in [0.1, 0.15) is 17.0 Å². The van der Waals surface area contributed by atoms with Crippen LogP contribution >= 0.6 is 0 Å². The van der Waals surface area contributed by atoms with Gasteiger partial charge in [-0.05, 0) is 68.1 Å². The summed E-state index contributed by atoms with van der Waals surface area (Å²) in [6.45, 7) is 1.78. The van der Waals surface area contributed by atoms with E-state index in [-0.39, 0.29) is 64.1 Å². The Labute approximate surface area is 291 Å². The molecule has 0 saturated heterocycles. The van der Waals surface area contributed by atoms with Gasteiger partial charge >= 0.3 is 6.18 Å². The number of anilines is 1. The predicted molar refractivity (Wildman–Crippen MR) is 179 cm³/mol. The first kappa shape index (κ1) is 35.6. The van der Waals surface area contributed by atoms with Crippen molar-refractivity contribution in [3.8, 4) is 28.7 Å². The fraction of sp³-hybridized carbons (Fsp3) is 0.343. The summed E-state index contributed by atoms with van der Waals surface area (Å²) in [7, 11) is -1.54. The van der Waals surface area contributed by atoms with Crippen molar-refractivity contribution in [2.24, 2.45) is 0 Å². The normalized spacial score (nSPS) is 15.0. The van der Waals surface area contributed by atoms with Gasteiger partial charge in [0.15, 0.2) is 23.9 Å². The number of pyridine rings is 1. The van der Waals surface area contributed by atoms with Crippen LogP contribution in [-0.4, -0.2) is 63.9 Å². The van der Waals surface area contributed by atoms with Crippen LogP contribution in [0.3, 0.4) is 0 Å². The number of hydrogen-bond donors (Lipinski definition) is 2. The van der Waals surface area contributed by atoms with Crippen molar-refractivity contribution in [1.29, 1.82) is 0 Å². The van der Waals surface area contributed by atoms with Crippen molar-refractivity contribution in [3.63, 3.8) is 0 Å². The first-order chi connectivity index (χ1) is 24.1. The monoisotopic (exact) mass is 729 g/mol. The number of aromatic hydroxyl groups is 1. The van der Waals surface area contributed by atoms with E-state index in [2.05, 4.69) is 9.71 Å². The third-order valence-corrected chi connectivity index (χ3v) is 10.1. The molecule has 0 atom stereocenters. The molecule has 0 bridgehead atoms. The van der Waals surface area contributed by atoms with Gasteiger partial charge in [0.2, 0.25) is 15.9 Å². The molecule has 1 fully saturated rings. The zero-order valence-electron chi connectivity index (χ0n) is 28.0. The third kappa shape index (κ3) is 6.55. The molecule has 1 aromatic heterocycles. The summed E-state index contributed by atoms with van der Waals surface area (Å²) in [5.41, 5.74) is 0.475. The largest absolute Gasteiger partial charge is 0.504 e. The van der Waals surface area contributed by atoms with Gasteiger partial charge in [-0.25, -0.2) is 8.42 Å². The molecule has 2 amide bonds. The Morgan fingerprint density at radius 2 is 1.80 bits per heavy atom. The van der Waals surface area contributed by atoms with Crippen molar-refractivity contribution in [1.82, 2.24) is 9.71 Å². The van der Waals surface area contributed by atoms with Gasteiger partial charge in [0, 0.05) is 22.8 Å². The van der Waals surface area contributed by atoms with Gasteiger partial charge in [-0.15, -0.1) is 0 Å². The van der Waals surface area contributed by atoms with Crippen molar-refractivity contribution < 1.29 is 55.2 Å². The van der Waals surface area contributed by atoms with Gasteiger partial charge in [0.05, 0.1) is 49.7 Å². The second-order valence-electron chi connectivity index (χ2n) is 12.2. The van der Waals surface area contributed by atoms with E-state index in [0.29, 0.717) is 35.0 Å². The lowest BCUT2D eigenvalue weighted by Crippen LogP contribution is -2.39. The van der Waals surface area contributed by atoms with E-state index >= 15 is 0 Å². The average Bonchev–Trinajstić information content (AvgIpc) is 3.81. The van der Waals surface area contributed by atoms with Crippen molar-refractivity contribution in [2.45, 2.75) is 50.6 Å². The number of carbonyl (C=O) groups excluding carboxylic acids is 2. The highest BCUT2D eigenvalue weighted by atomic mass is 32.2. The van der Waals surface area contributed by atoms with Crippen LogP contribution in [0.15, 0.2) is 48.7 Å². The number of sulfonamides is 1. The maximum Gasteiger partial charge on any atom is 0.422 e. The molecule has 3 aromatic carbocycles. The maximum absolute atomic E-state index is 14.0. The number of carbonyl (C=O) groups is 2. The van der Waals surface area contributed by atoms with Gasteiger partial charge in [-0.3, -0.25) is 19.3 Å². The minimum absolute atomic E-state index is 0.0148. The number of methoxy groups -OCH3 is 2. The van der Waals surface area contributed by atoms with E-state index in [4.69, 9.17) is 18.9 Å². The molecule has 0 unspecified atom stereocenters. The fourth-order valence-electron chi connectivity index (χ4n) is 6.54. The number of rotatable bonds is 12. The molecule has 270 valence electrons. The molecule has 2 aliphatic rings. The van der Waals surface area contributed by atoms with Crippen molar-refractivity contribution in [2.75, 3.05) is 32.3 Å². The molecule has 1 aliphatic carbocycles. The van der Waals surface area contributed by atoms with E-state index in [1.807, 2.05) is 0 Å². The number of alkyl halides is 3. The van der Waals surface area contributed by atoms with Crippen LogP contribution in [-0.2, 0) is 32.5 Å². The average molecular weight is 730 g/mol. The van der Waals surface area contributed by atoms with Gasteiger partial charge in [-0.2, -0.15) is 13.2 Å². The number of nitrogens with zero attached hydrogens (tertiary/aromatic N) is 2. The van der Waals surface area contributed by atoms with Gasteiger partial charge in [0.25, 0.3) is 5.91 Å². The molecule has 0 spiro atoms. The van der Waals surface area contributed by atoms with Crippen molar-refractivity contribution >= 4 is 38.4 Å². The SMILES string of the molecule is CCOc1c2c(c(OCC(F)(F)F)c3ncccc13)CN(c1ccc(CS(=O)(=O)NC(=O)C3(c4c(OC)ccc(O)c4OC)CC3)cc1C)C2=O. The molecule has 4 aromatic rings. The standard InChI is InChI=1S/C35H34F3N3O9S/c1-5-49-29-21-7-6-14-39-28(21)30(50-18-35(36,37)38)22-16-41(32(43)26(22)29)23-9-8-20(15-19(23)2)17-51(45,46)40-33(44)34(12-13-34)27-25(47-3)11-10-24(42)31(27)48-4/h6-11,14-15,42H,5,12-13,16-18H2,1-4H3,(H,40,44). The Kier molecular flexibility index (Phi) is 9.16. The van der Waals surface area contributed by atoms with Gasteiger partial charge < -0.3 is 29.0 Å². The highest BCUT2D eigenvalue weighted by Gasteiger charge is 2.56. The Hall–Kier alpha value is -5.25. The molecule has 2 heterocycles. The Bertz CT molecular complexity index is 2170. The molecule has 1 aliphatic heterocycles. The summed E-state index contributed by atoms with van der Waals surface area (Å²) in [6, 6.07) is 10.5. The van der Waals surface area contributed by atoms with E-state index in [1.165, 1.54) is 49.6 Å². The van der Waals surface area contributed by atoms with Crippen LogP contribution in [0.1, 0.15) is 52.4 Å². The molecule has 51 heavy (non-hydrogen) atoms. The van der Waals surface area contributed by atoms with Crippen LogP contribution in [0, 0.1) is 6.92 Å². The zero-order valence-corrected chi connectivity index (χ0v) is 28.8. The van der Waals surface area contributed by atoms with E-state index in [9.17, 15) is 36.3 Å². The quantitative estimate of drug-likeness (QED) is 0.193. The lowest BCUT2D eigenvalue weighted by atomic mass is 9.92. The van der Waals surface area contributed by atoms with Crippen LogP contribution < -0.4 is 28.6 Å². The maximum atomic E-state index is 14.0. The number of halogens is 3. The molecule has 1 saturated carbocycles. The Morgan fingerprint density at radius 3 is 2.43 bits per heavy atom. The highest BCUT2D eigenvalue weighted by Crippen LogP contribution is 2.57. The second kappa shape index (κ2) is 13.1. The molecule has 12 nitrogen and oxygen atoms in total. The summed E-state index contributed by atoms with van der Waals surface area (Å²) >= 11 is 0. The van der Waals surface area contributed by atoms with E-state index < -0.39 is 45.8 Å². The number of nitrogens with one attached hydrogen (secondary N) is 1. The second-order valence-corrected chi connectivity index (χ2v) is 14.0. The number of benzene rings is 3. The summed E-state index contributed by atoms with van der Waals surface area (Å²) < 4.78 is 90.4. The predicted octanol–water partition coefficient (Wildman–Crippen LogP) is 5.44. The number of phenols is 1. The van der Waals surface area contributed by atoms with Gasteiger partial charge in [-0.1, -0.05) is 12.1 Å². The highest BCUT2D eigenvalue weighted by molar-refractivity contribution is 7.89. The van der Waals surface area contributed by atoms with Crippen molar-refractivity contribution in [3.05, 3.63) is 76.5 Å². The minimum atomic E-state index is -4.65. The van der Waals surface area contributed by atoms with E-state index in [1.54, 1.807) is 32.0 Å². The summed E-state index contributed by atoms with van der Waals surface area (Å²) in [4.78, 5) is 33.1. The first-order valence-electron chi connectivity index (χ1n) is 15.8. The molecule has 2 N–H and O–H groups in total. The topological polar surface area (TPSA) is 154 Å². The van der Waals surface area contributed by atoms with Crippen LogP contribution in [0.2, 0.25) is 0 Å². The number of hydrogen-bond acceptors (Lipinski definition) is 10. The number of aromatic nitrogens is 1. The van der Waals surface area contributed by atoms with E-state index in [0.717, 1.165) is 0 Å². The molecule has 0 radical (unpaired) electrons. The third-order valence-electron chi connectivity index (χ3n) is 8.86. The first-order valence-corrected chi connectivity index (χ1v) is 17.5. The van der Waals surface area contributed by atoms with Crippen LogP contribution in [0.5, 0.6) is 28.7 Å².